The average molecular weight is 260 g/mol. The fraction of sp³-hybridized carbons (Fsp3) is 0.625. The van der Waals surface area contributed by atoms with Crippen LogP contribution in [0.4, 0.5) is 5.69 Å². The molecular formula is C16H24N2O. The number of nitrogens with one attached hydrogen (secondary N) is 1. The molecule has 2 fully saturated rings. The molecule has 0 aliphatic carbocycles. The molecule has 1 aromatic rings. The summed E-state index contributed by atoms with van der Waals surface area (Å²) in [6.07, 6.45) is 5.10. The Morgan fingerprint density at radius 1 is 1.16 bits per heavy atom. The molecule has 3 rings (SSSR count). The van der Waals surface area contributed by atoms with E-state index < -0.39 is 0 Å². The first kappa shape index (κ1) is 12.8. The highest BCUT2D eigenvalue weighted by Crippen LogP contribution is 2.36. The van der Waals surface area contributed by atoms with Gasteiger partial charge in [-0.2, -0.15) is 0 Å². The Kier molecular flexibility index (Phi) is 3.92. The lowest BCUT2D eigenvalue weighted by molar-refractivity contribution is 0.391. The second-order valence-electron chi connectivity index (χ2n) is 5.64. The maximum atomic E-state index is 5.58. The molecular weight excluding hydrogens is 236 g/mol. The molecule has 104 valence electrons. The topological polar surface area (TPSA) is 24.5 Å². The number of hydrogen-bond donors (Lipinski definition) is 1. The van der Waals surface area contributed by atoms with Crippen molar-refractivity contribution in [3.8, 4) is 5.75 Å². The van der Waals surface area contributed by atoms with Crippen molar-refractivity contribution in [1.82, 2.24) is 5.32 Å². The third-order valence-corrected chi connectivity index (χ3v) is 4.46. The quantitative estimate of drug-likeness (QED) is 0.904. The van der Waals surface area contributed by atoms with Crippen molar-refractivity contribution < 1.29 is 4.74 Å². The zero-order chi connectivity index (χ0) is 13.1. The van der Waals surface area contributed by atoms with Gasteiger partial charge in [0.15, 0.2) is 0 Å². The highest BCUT2D eigenvalue weighted by atomic mass is 16.5. The van der Waals surface area contributed by atoms with Crippen LogP contribution in [-0.2, 0) is 0 Å². The molecule has 0 aromatic heterocycles. The first-order valence-corrected chi connectivity index (χ1v) is 7.52. The van der Waals surface area contributed by atoms with Gasteiger partial charge in [-0.25, -0.2) is 0 Å². The van der Waals surface area contributed by atoms with Crippen molar-refractivity contribution in [3.63, 3.8) is 0 Å². The Morgan fingerprint density at radius 2 is 1.89 bits per heavy atom. The minimum absolute atomic E-state index is 0.652. The normalized spacial score (nSPS) is 20.8. The molecule has 2 saturated heterocycles. The first-order chi connectivity index (χ1) is 9.38. The summed E-state index contributed by atoms with van der Waals surface area (Å²) < 4.78 is 5.58. The predicted molar refractivity (Wildman–Crippen MR) is 79.3 cm³/mol. The van der Waals surface area contributed by atoms with E-state index >= 15 is 0 Å². The lowest BCUT2D eigenvalue weighted by atomic mass is 9.89. The highest BCUT2D eigenvalue weighted by Gasteiger charge is 2.21. The molecule has 0 atom stereocenters. The Hall–Kier alpha value is -1.22. The summed E-state index contributed by atoms with van der Waals surface area (Å²) >= 11 is 0. The van der Waals surface area contributed by atoms with Crippen molar-refractivity contribution in [3.05, 3.63) is 23.8 Å². The van der Waals surface area contributed by atoms with Crippen molar-refractivity contribution in [1.29, 1.82) is 0 Å². The summed E-state index contributed by atoms with van der Waals surface area (Å²) in [5, 5.41) is 3.44. The fourth-order valence-corrected chi connectivity index (χ4v) is 3.35. The van der Waals surface area contributed by atoms with E-state index in [9.17, 15) is 0 Å². The van der Waals surface area contributed by atoms with Crippen molar-refractivity contribution in [2.24, 2.45) is 0 Å². The van der Waals surface area contributed by atoms with Crippen LogP contribution in [0.3, 0.4) is 0 Å². The minimum atomic E-state index is 0.652. The second kappa shape index (κ2) is 5.83. The Morgan fingerprint density at radius 3 is 2.58 bits per heavy atom. The van der Waals surface area contributed by atoms with Gasteiger partial charge >= 0.3 is 0 Å². The molecule has 19 heavy (non-hydrogen) atoms. The van der Waals surface area contributed by atoms with Gasteiger partial charge in [0.25, 0.3) is 0 Å². The van der Waals surface area contributed by atoms with Crippen molar-refractivity contribution in [2.45, 2.75) is 31.6 Å². The standard InChI is InChI=1S/C16H24N2O/c1-19-16-5-4-14(18-10-2-3-11-18)12-15(16)13-6-8-17-9-7-13/h4-5,12-13,17H,2-3,6-11H2,1H3. The molecule has 0 saturated carbocycles. The minimum Gasteiger partial charge on any atom is -0.496 e. The summed E-state index contributed by atoms with van der Waals surface area (Å²) in [6.45, 7) is 4.67. The predicted octanol–water partition coefficient (Wildman–Crippen LogP) is 2.76. The fourth-order valence-electron chi connectivity index (χ4n) is 3.35. The molecule has 0 bridgehead atoms. The Bertz CT molecular complexity index is 421. The van der Waals surface area contributed by atoms with Gasteiger partial charge < -0.3 is 15.0 Å². The number of benzene rings is 1. The summed E-state index contributed by atoms with van der Waals surface area (Å²) in [4.78, 5) is 2.50. The van der Waals surface area contributed by atoms with E-state index in [1.165, 1.54) is 50.0 Å². The monoisotopic (exact) mass is 260 g/mol. The maximum absolute atomic E-state index is 5.58. The SMILES string of the molecule is COc1ccc(N2CCCC2)cc1C1CCNCC1. The van der Waals surface area contributed by atoms with Gasteiger partial charge in [-0.05, 0) is 68.5 Å². The van der Waals surface area contributed by atoms with Crippen molar-refractivity contribution >= 4 is 5.69 Å². The number of nitrogens with zero attached hydrogens (tertiary/aromatic N) is 1. The van der Waals surface area contributed by atoms with E-state index in [-0.39, 0.29) is 0 Å². The van der Waals surface area contributed by atoms with E-state index in [2.05, 4.69) is 28.4 Å². The number of ether oxygens (including phenoxy) is 1. The Balaban J connectivity index is 1.87. The molecule has 1 aromatic carbocycles. The molecule has 3 nitrogen and oxygen atoms in total. The lowest BCUT2D eigenvalue weighted by Crippen LogP contribution is -2.27. The molecule has 0 unspecified atom stereocenters. The van der Waals surface area contributed by atoms with Gasteiger partial charge in [-0.15, -0.1) is 0 Å². The number of hydrogen-bond acceptors (Lipinski definition) is 3. The summed E-state index contributed by atoms with van der Waals surface area (Å²) in [6, 6.07) is 6.75. The van der Waals surface area contributed by atoms with E-state index in [1.54, 1.807) is 7.11 Å². The summed E-state index contributed by atoms with van der Waals surface area (Å²) in [5.41, 5.74) is 2.79. The van der Waals surface area contributed by atoms with Crippen LogP contribution in [0.1, 0.15) is 37.2 Å². The maximum Gasteiger partial charge on any atom is 0.122 e. The van der Waals surface area contributed by atoms with Crippen LogP contribution in [0.15, 0.2) is 18.2 Å². The summed E-state index contributed by atoms with van der Waals surface area (Å²) in [7, 11) is 1.79. The highest BCUT2D eigenvalue weighted by molar-refractivity contribution is 5.54. The number of piperidine rings is 1. The van der Waals surface area contributed by atoms with Gasteiger partial charge in [0.1, 0.15) is 5.75 Å². The zero-order valence-electron chi connectivity index (χ0n) is 11.8. The van der Waals surface area contributed by atoms with E-state index in [0.29, 0.717) is 5.92 Å². The smallest absolute Gasteiger partial charge is 0.122 e. The number of methoxy groups -OCH3 is 1. The molecule has 3 heteroatoms. The molecule has 1 N–H and O–H groups in total. The Labute approximate surface area is 115 Å². The average Bonchev–Trinajstić information content (AvgIpc) is 3.02. The number of rotatable bonds is 3. The number of anilines is 1. The third-order valence-electron chi connectivity index (χ3n) is 4.46. The molecule has 0 amide bonds. The van der Waals surface area contributed by atoms with Gasteiger partial charge in [0, 0.05) is 18.8 Å². The van der Waals surface area contributed by atoms with Gasteiger partial charge in [0.2, 0.25) is 0 Å². The van der Waals surface area contributed by atoms with E-state index in [0.717, 1.165) is 18.8 Å². The van der Waals surface area contributed by atoms with Gasteiger partial charge in [-0.3, -0.25) is 0 Å². The largest absolute Gasteiger partial charge is 0.496 e. The first-order valence-electron chi connectivity index (χ1n) is 7.52. The van der Waals surface area contributed by atoms with Crippen LogP contribution in [0.5, 0.6) is 5.75 Å². The van der Waals surface area contributed by atoms with Crippen molar-refractivity contribution in [2.75, 3.05) is 38.2 Å². The van der Waals surface area contributed by atoms with E-state index in [1.807, 2.05) is 0 Å². The van der Waals surface area contributed by atoms with Crippen LogP contribution < -0.4 is 15.0 Å². The molecule has 2 heterocycles. The van der Waals surface area contributed by atoms with Gasteiger partial charge in [-0.1, -0.05) is 0 Å². The lowest BCUT2D eigenvalue weighted by Gasteiger charge is -2.26. The van der Waals surface area contributed by atoms with Crippen LogP contribution >= 0.6 is 0 Å². The zero-order valence-corrected chi connectivity index (χ0v) is 11.8. The second-order valence-corrected chi connectivity index (χ2v) is 5.64. The summed E-state index contributed by atoms with van der Waals surface area (Å²) in [5.74, 6) is 1.72. The van der Waals surface area contributed by atoms with Crippen LogP contribution in [0.25, 0.3) is 0 Å². The molecule has 2 aliphatic rings. The third kappa shape index (κ3) is 2.71. The molecule has 2 aliphatic heterocycles. The molecule has 0 radical (unpaired) electrons. The van der Waals surface area contributed by atoms with Crippen LogP contribution in [0, 0.1) is 0 Å². The van der Waals surface area contributed by atoms with Gasteiger partial charge in [0.05, 0.1) is 7.11 Å². The van der Waals surface area contributed by atoms with Crippen LogP contribution in [0.2, 0.25) is 0 Å². The molecule has 0 spiro atoms. The van der Waals surface area contributed by atoms with Crippen LogP contribution in [-0.4, -0.2) is 33.3 Å². The van der Waals surface area contributed by atoms with E-state index in [4.69, 9.17) is 4.74 Å².